The molecule has 0 aliphatic carbocycles. The van der Waals surface area contributed by atoms with Gasteiger partial charge in [-0.25, -0.2) is 0 Å². The Labute approximate surface area is 53.8 Å². The molecule has 0 heterocycles. The first-order valence-corrected chi connectivity index (χ1v) is 2.89. The van der Waals surface area contributed by atoms with Crippen LogP contribution in [0.15, 0.2) is 0 Å². The van der Waals surface area contributed by atoms with Crippen molar-refractivity contribution in [3.8, 4) is 0 Å². The summed E-state index contributed by atoms with van der Waals surface area (Å²) in [6.07, 6.45) is 0. The van der Waals surface area contributed by atoms with E-state index < -0.39 is 8.25 Å². The first kappa shape index (κ1) is 10.6. The Morgan fingerprint density at radius 3 is 2.29 bits per heavy atom. The van der Waals surface area contributed by atoms with Gasteiger partial charge < -0.3 is 9.42 Å². The zero-order valence-electron chi connectivity index (χ0n) is 3.47. The van der Waals surface area contributed by atoms with Crippen LogP contribution in [0.1, 0.15) is 6.92 Å². The first-order valence-electron chi connectivity index (χ1n) is 1.63. The van der Waals surface area contributed by atoms with E-state index in [1.54, 1.807) is 6.92 Å². The molecule has 0 spiro atoms. The molecule has 0 aromatic rings. The lowest BCUT2D eigenvalue weighted by Gasteiger charge is -1.86. The molecular weight excluding hydrogens is 130 g/mol. The van der Waals surface area contributed by atoms with Gasteiger partial charge in [-0.3, -0.25) is 4.57 Å². The van der Waals surface area contributed by atoms with Crippen LogP contribution in [-0.2, 0) is 9.09 Å². The summed E-state index contributed by atoms with van der Waals surface area (Å²) in [5.74, 6) is 0. The Balaban J connectivity index is 0. The van der Waals surface area contributed by atoms with Crippen molar-refractivity contribution in [3.63, 3.8) is 0 Å². The van der Waals surface area contributed by atoms with E-state index in [1.807, 2.05) is 0 Å². The monoisotopic (exact) mass is 140 g/mol. The fourth-order valence-corrected chi connectivity index (χ4v) is 0.370. The van der Waals surface area contributed by atoms with Crippen LogP contribution in [0.3, 0.4) is 0 Å². The third kappa shape index (κ3) is 10.8. The fourth-order valence-electron chi connectivity index (χ4n) is 0.123. The van der Waals surface area contributed by atoms with E-state index in [9.17, 15) is 4.57 Å². The van der Waals surface area contributed by atoms with Gasteiger partial charge in [0.25, 0.3) is 0 Å². The average Bonchev–Trinajstić information content (AvgIpc) is 1.35. The molecule has 0 fully saturated rings. The molecule has 0 aliphatic heterocycles. The summed E-state index contributed by atoms with van der Waals surface area (Å²) in [6.45, 7) is 1.98. The molecule has 1 atom stereocenters. The van der Waals surface area contributed by atoms with Crippen molar-refractivity contribution in [2.75, 3.05) is 6.61 Å². The third-order valence-corrected chi connectivity index (χ3v) is 0.803. The van der Waals surface area contributed by atoms with Crippen LogP contribution in [0.2, 0.25) is 0 Å². The van der Waals surface area contributed by atoms with Crippen molar-refractivity contribution in [1.29, 1.82) is 0 Å². The molecule has 0 aromatic carbocycles. The second-order valence-electron chi connectivity index (χ2n) is 0.699. The minimum atomic E-state index is -2.64. The second kappa shape index (κ2) is 6.68. The van der Waals surface area contributed by atoms with Gasteiger partial charge in [0, 0.05) is 0 Å². The van der Waals surface area contributed by atoms with Gasteiger partial charge in [-0.2, -0.15) is 0 Å². The first-order chi connectivity index (χ1) is 2.77. The molecule has 0 saturated carbocycles. The summed E-state index contributed by atoms with van der Waals surface area (Å²) in [5.41, 5.74) is 0. The van der Waals surface area contributed by atoms with Crippen molar-refractivity contribution in [2.45, 2.75) is 6.92 Å². The summed E-state index contributed by atoms with van der Waals surface area (Å²) >= 11 is 0. The summed E-state index contributed by atoms with van der Waals surface area (Å²) in [4.78, 5) is 7.88. The van der Waals surface area contributed by atoms with Crippen molar-refractivity contribution in [1.82, 2.24) is 0 Å². The Hall–Kier alpha value is 0.682. The Bertz CT molecular complexity index is 56.9. The highest BCUT2D eigenvalue weighted by Crippen LogP contribution is 2.12. The SMILES string of the molecule is CCO[PH](=O)O.[AlH3]. The van der Waals surface area contributed by atoms with Crippen LogP contribution in [-0.4, -0.2) is 28.9 Å². The number of hydrogen-bond acceptors (Lipinski definition) is 2. The van der Waals surface area contributed by atoms with Crippen LogP contribution < -0.4 is 0 Å². The Kier molecular flexibility index (Phi) is 10.1. The maximum absolute atomic E-state index is 9.56. The molecule has 44 valence electrons. The highest BCUT2D eigenvalue weighted by Gasteiger charge is 1.81. The lowest BCUT2D eigenvalue weighted by Crippen LogP contribution is -1.72. The van der Waals surface area contributed by atoms with Crippen molar-refractivity contribution in [2.24, 2.45) is 0 Å². The normalized spacial score (nSPS) is 12.3. The smallest absolute Gasteiger partial charge is 0.316 e. The van der Waals surface area contributed by atoms with E-state index in [1.165, 1.54) is 0 Å². The largest absolute Gasteiger partial charge is 0.326 e. The fraction of sp³-hybridized carbons (Fsp3) is 1.00. The van der Waals surface area contributed by atoms with Crippen molar-refractivity contribution >= 4 is 25.6 Å². The summed E-state index contributed by atoms with van der Waals surface area (Å²) in [5, 5.41) is 0. The number of rotatable bonds is 2. The van der Waals surface area contributed by atoms with Crippen LogP contribution in [0.25, 0.3) is 0 Å². The van der Waals surface area contributed by atoms with Gasteiger partial charge in [0.1, 0.15) is 0 Å². The van der Waals surface area contributed by atoms with E-state index in [2.05, 4.69) is 4.52 Å². The molecule has 0 radical (unpaired) electrons. The topological polar surface area (TPSA) is 46.5 Å². The van der Waals surface area contributed by atoms with Gasteiger partial charge >= 0.3 is 8.25 Å². The molecule has 3 nitrogen and oxygen atoms in total. The van der Waals surface area contributed by atoms with E-state index in [-0.39, 0.29) is 17.4 Å². The van der Waals surface area contributed by atoms with Gasteiger partial charge in [-0.15, -0.1) is 0 Å². The Morgan fingerprint density at radius 2 is 2.29 bits per heavy atom. The molecule has 5 heteroatoms. The quantitative estimate of drug-likeness (QED) is 0.404. The van der Waals surface area contributed by atoms with Gasteiger partial charge in [0.2, 0.25) is 0 Å². The van der Waals surface area contributed by atoms with Crippen LogP contribution in [0, 0.1) is 0 Å². The van der Waals surface area contributed by atoms with Gasteiger partial charge in [0.05, 0.1) is 6.61 Å². The standard InChI is InChI=1S/C2H7O3P.Al.3H/c1-2-5-6(3)4;;;;/h6H,2H2,1H3,(H,3,4);;;;. The zero-order chi connectivity index (χ0) is 4.99. The molecule has 0 amide bonds. The molecule has 1 N–H and O–H groups in total. The minimum Gasteiger partial charge on any atom is -0.326 e. The highest BCUT2D eigenvalue weighted by atomic mass is 31.1. The molecule has 0 aliphatic rings. The van der Waals surface area contributed by atoms with Crippen molar-refractivity contribution < 1.29 is 14.0 Å². The Morgan fingerprint density at radius 1 is 1.86 bits per heavy atom. The van der Waals surface area contributed by atoms with E-state index in [4.69, 9.17) is 4.89 Å². The molecule has 0 saturated heterocycles. The predicted octanol–water partition coefficient (Wildman–Crippen LogP) is -0.779. The minimum absolute atomic E-state index is 0. The van der Waals surface area contributed by atoms with Crippen LogP contribution >= 0.6 is 8.25 Å². The van der Waals surface area contributed by atoms with Gasteiger partial charge in [-0.1, -0.05) is 0 Å². The van der Waals surface area contributed by atoms with Gasteiger partial charge in [-0.05, 0) is 6.92 Å². The third-order valence-electron chi connectivity index (χ3n) is 0.268. The highest BCUT2D eigenvalue weighted by molar-refractivity contribution is 7.32. The van der Waals surface area contributed by atoms with Gasteiger partial charge in [0.15, 0.2) is 17.4 Å². The predicted molar refractivity (Wildman–Crippen MR) is 32.8 cm³/mol. The van der Waals surface area contributed by atoms with E-state index in [0.717, 1.165) is 0 Å². The molecule has 0 bridgehead atoms. The average molecular weight is 140 g/mol. The second-order valence-corrected chi connectivity index (χ2v) is 1.52. The maximum Gasteiger partial charge on any atom is 0.316 e. The lowest BCUT2D eigenvalue weighted by molar-refractivity contribution is 0.297. The summed E-state index contributed by atoms with van der Waals surface area (Å²) in [7, 11) is -2.64. The molecule has 7 heavy (non-hydrogen) atoms. The zero-order valence-corrected chi connectivity index (χ0v) is 4.47. The van der Waals surface area contributed by atoms with E-state index in [0.29, 0.717) is 6.61 Å². The maximum atomic E-state index is 9.56. The van der Waals surface area contributed by atoms with Crippen LogP contribution in [0.5, 0.6) is 0 Å². The molecular formula is C2H10AlO3P. The van der Waals surface area contributed by atoms with E-state index >= 15 is 0 Å². The molecule has 1 unspecified atom stereocenters. The molecule has 0 aromatic heterocycles. The van der Waals surface area contributed by atoms with Crippen LogP contribution in [0.4, 0.5) is 0 Å². The molecule has 0 rings (SSSR count). The summed E-state index contributed by atoms with van der Waals surface area (Å²) < 4.78 is 13.7. The van der Waals surface area contributed by atoms with Crippen molar-refractivity contribution in [3.05, 3.63) is 0 Å². The number of hydrogen-bond donors (Lipinski definition) is 1. The summed E-state index contributed by atoms with van der Waals surface area (Å²) in [6, 6.07) is 0. The lowest BCUT2D eigenvalue weighted by atomic mass is 10.9.